The molecule has 2 heterocycles. The number of piperidine rings is 1. The zero-order valence-corrected chi connectivity index (χ0v) is 20.0. The monoisotopic (exact) mass is 486 g/mol. The van der Waals surface area contributed by atoms with Gasteiger partial charge < -0.3 is 13.9 Å². The van der Waals surface area contributed by atoms with E-state index in [1.165, 1.54) is 11.4 Å². The number of hydrogen-bond donors (Lipinski definition) is 1. The molecule has 34 heavy (non-hydrogen) atoms. The van der Waals surface area contributed by atoms with Crippen molar-refractivity contribution in [1.82, 2.24) is 14.5 Å². The van der Waals surface area contributed by atoms with Gasteiger partial charge in [-0.25, -0.2) is 8.42 Å². The molecule has 1 aromatic heterocycles. The number of ether oxygens (including phenoxy) is 2. The van der Waals surface area contributed by atoms with Gasteiger partial charge in [-0.1, -0.05) is 22.8 Å². The number of carbonyl (C=O) groups excluding carboxylic acids is 1. The van der Waals surface area contributed by atoms with Crippen molar-refractivity contribution in [2.75, 3.05) is 32.6 Å². The number of carbonyl (C=O) groups is 1. The van der Waals surface area contributed by atoms with E-state index < -0.39 is 10.0 Å². The van der Waals surface area contributed by atoms with Crippen molar-refractivity contribution in [3.8, 4) is 23.0 Å². The molecule has 0 bridgehead atoms. The summed E-state index contributed by atoms with van der Waals surface area (Å²) in [6, 6.07) is 11.9. The summed E-state index contributed by atoms with van der Waals surface area (Å²) in [5.41, 5.74) is 1.52. The predicted octanol–water partition coefficient (Wildman–Crippen LogP) is 3.10. The molecule has 1 N–H and O–H groups in total. The number of sulfonamides is 1. The normalized spacial score (nSPS) is 15.1. The van der Waals surface area contributed by atoms with E-state index in [-0.39, 0.29) is 41.7 Å². The molecular weight excluding hydrogens is 460 g/mol. The van der Waals surface area contributed by atoms with Crippen molar-refractivity contribution in [2.45, 2.75) is 24.7 Å². The van der Waals surface area contributed by atoms with E-state index in [1.807, 2.05) is 6.92 Å². The Morgan fingerprint density at radius 1 is 1.06 bits per heavy atom. The highest BCUT2D eigenvalue weighted by atomic mass is 32.2. The second-order valence-corrected chi connectivity index (χ2v) is 9.90. The average molecular weight is 487 g/mol. The second kappa shape index (κ2) is 9.82. The first-order chi connectivity index (χ1) is 16.3. The number of amides is 1. The summed E-state index contributed by atoms with van der Waals surface area (Å²) in [5.74, 6) is 0.618. The van der Waals surface area contributed by atoms with Crippen LogP contribution in [0.5, 0.6) is 11.5 Å². The molecular formula is C23H26N4O6S. The van der Waals surface area contributed by atoms with Crippen molar-refractivity contribution >= 4 is 21.9 Å². The van der Waals surface area contributed by atoms with Gasteiger partial charge in [0, 0.05) is 19.0 Å². The molecule has 0 unspecified atom stereocenters. The maximum Gasteiger partial charge on any atom is 0.322 e. The molecule has 4 rings (SSSR count). The molecule has 1 saturated heterocycles. The Labute approximate surface area is 197 Å². The molecule has 0 aliphatic carbocycles. The first-order valence-electron chi connectivity index (χ1n) is 10.8. The molecule has 0 spiro atoms. The number of nitrogens with zero attached hydrogens (tertiary/aromatic N) is 3. The Bertz CT molecular complexity index is 1260. The van der Waals surface area contributed by atoms with Crippen LogP contribution in [0.2, 0.25) is 0 Å². The van der Waals surface area contributed by atoms with Crippen LogP contribution in [0.4, 0.5) is 6.01 Å². The van der Waals surface area contributed by atoms with Gasteiger partial charge in [-0.05, 0) is 50.1 Å². The molecule has 1 fully saturated rings. The van der Waals surface area contributed by atoms with Crippen molar-refractivity contribution in [3.63, 3.8) is 0 Å². The molecule has 0 radical (unpaired) electrons. The number of benzene rings is 2. The number of anilines is 1. The van der Waals surface area contributed by atoms with Gasteiger partial charge in [0.1, 0.15) is 11.5 Å². The third-order valence-corrected chi connectivity index (χ3v) is 7.69. The molecule has 1 amide bonds. The van der Waals surface area contributed by atoms with E-state index in [2.05, 4.69) is 15.5 Å². The molecule has 10 nitrogen and oxygen atoms in total. The fourth-order valence-electron chi connectivity index (χ4n) is 3.79. The Morgan fingerprint density at radius 3 is 2.41 bits per heavy atom. The number of methoxy groups -OCH3 is 2. The summed E-state index contributed by atoms with van der Waals surface area (Å²) in [6.45, 7) is 2.41. The van der Waals surface area contributed by atoms with Crippen LogP contribution in [-0.2, 0) is 14.8 Å². The smallest absolute Gasteiger partial charge is 0.322 e. The van der Waals surface area contributed by atoms with Crippen molar-refractivity contribution in [3.05, 3.63) is 48.0 Å². The third kappa shape index (κ3) is 4.90. The summed E-state index contributed by atoms with van der Waals surface area (Å²) in [6.07, 6.45) is 0.781. The van der Waals surface area contributed by atoms with Crippen molar-refractivity contribution in [1.29, 1.82) is 0 Å². The van der Waals surface area contributed by atoms with E-state index in [9.17, 15) is 13.2 Å². The lowest BCUT2D eigenvalue weighted by Gasteiger charge is -2.30. The fraction of sp³-hybridized carbons (Fsp3) is 0.348. The Morgan fingerprint density at radius 2 is 1.76 bits per heavy atom. The van der Waals surface area contributed by atoms with Crippen molar-refractivity contribution in [2.24, 2.45) is 5.92 Å². The van der Waals surface area contributed by atoms with Crippen LogP contribution in [0, 0.1) is 12.8 Å². The molecule has 0 atom stereocenters. The quantitative estimate of drug-likeness (QED) is 0.540. The van der Waals surface area contributed by atoms with E-state index in [4.69, 9.17) is 13.9 Å². The average Bonchev–Trinajstić information content (AvgIpc) is 3.32. The summed E-state index contributed by atoms with van der Waals surface area (Å²) in [4.78, 5) is 13.0. The largest absolute Gasteiger partial charge is 0.497 e. The van der Waals surface area contributed by atoms with Crippen LogP contribution >= 0.6 is 0 Å². The molecule has 180 valence electrons. The fourth-order valence-corrected chi connectivity index (χ4v) is 5.26. The Kier molecular flexibility index (Phi) is 6.85. The topological polar surface area (TPSA) is 124 Å². The van der Waals surface area contributed by atoms with Crippen LogP contribution in [-0.4, -0.2) is 56.1 Å². The number of nitrogens with one attached hydrogen (secondary N) is 1. The maximum absolute atomic E-state index is 12.9. The number of aromatic nitrogens is 2. The summed E-state index contributed by atoms with van der Waals surface area (Å²) in [5, 5.41) is 10.5. The van der Waals surface area contributed by atoms with E-state index in [0.29, 0.717) is 29.9 Å². The Hall–Kier alpha value is -3.44. The van der Waals surface area contributed by atoms with Crippen LogP contribution in [0.15, 0.2) is 51.8 Å². The predicted molar refractivity (Wildman–Crippen MR) is 124 cm³/mol. The van der Waals surface area contributed by atoms with Gasteiger partial charge in [-0.2, -0.15) is 4.31 Å². The first kappa shape index (κ1) is 23.7. The molecule has 3 aromatic rings. The number of rotatable bonds is 7. The zero-order valence-electron chi connectivity index (χ0n) is 19.1. The standard InChI is InChI=1S/C23H26N4O6S/c1-15-4-7-18(8-5-15)34(29,30)27-12-10-16(11-13-27)21(28)24-23-26-25-22(33-23)19-14-17(31-2)6-9-20(19)32-3/h4-9,14,16H,10-13H2,1-3H3,(H,24,26,28). The highest BCUT2D eigenvalue weighted by Crippen LogP contribution is 2.33. The van der Waals surface area contributed by atoms with Gasteiger partial charge in [-0.15, -0.1) is 5.10 Å². The minimum absolute atomic E-state index is 0.0421. The van der Waals surface area contributed by atoms with Crippen LogP contribution < -0.4 is 14.8 Å². The van der Waals surface area contributed by atoms with Gasteiger partial charge >= 0.3 is 6.01 Å². The van der Waals surface area contributed by atoms with Crippen LogP contribution in [0.1, 0.15) is 18.4 Å². The molecule has 0 saturated carbocycles. The summed E-state index contributed by atoms with van der Waals surface area (Å²) in [7, 11) is -0.520. The third-order valence-electron chi connectivity index (χ3n) is 5.78. The molecule has 11 heteroatoms. The zero-order chi connectivity index (χ0) is 24.3. The number of aryl methyl sites for hydroxylation is 1. The minimum Gasteiger partial charge on any atom is -0.497 e. The van der Waals surface area contributed by atoms with Gasteiger partial charge in [0.2, 0.25) is 15.9 Å². The van der Waals surface area contributed by atoms with Crippen LogP contribution in [0.3, 0.4) is 0 Å². The van der Waals surface area contributed by atoms with Crippen molar-refractivity contribution < 1.29 is 27.1 Å². The Balaban J connectivity index is 1.39. The lowest BCUT2D eigenvalue weighted by molar-refractivity contribution is -0.121. The van der Waals surface area contributed by atoms with Gasteiger partial charge in [0.15, 0.2) is 0 Å². The summed E-state index contributed by atoms with van der Waals surface area (Å²) < 4.78 is 43.4. The molecule has 2 aromatic carbocycles. The minimum atomic E-state index is -3.59. The SMILES string of the molecule is COc1ccc(OC)c(-c2nnc(NC(=O)C3CCN(S(=O)(=O)c4ccc(C)cc4)CC3)o2)c1. The first-order valence-corrected chi connectivity index (χ1v) is 12.2. The highest BCUT2D eigenvalue weighted by molar-refractivity contribution is 7.89. The van der Waals surface area contributed by atoms with E-state index >= 15 is 0 Å². The number of hydrogen-bond acceptors (Lipinski definition) is 8. The molecule has 1 aliphatic rings. The van der Waals surface area contributed by atoms with E-state index in [1.54, 1.807) is 49.6 Å². The summed E-state index contributed by atoms with van der Waals surface area (Å²) >= 11 is 0. The van der Waals surface area contributed by atoms with E-state index in [0.717, 1.165) is 5.56 Å². The lowest BCUT2D eigenvalue weighted by Crippen LogP contribution is -2.41. The molecule has 1 aliphatic heterocycles. The second-order valence-electron chi connectivity index (χ2n) is 7.96. The van der Waals surface area contributed by atoms with Gasteiger partial charge in [0.05, 0.1) is 24.7 Å². The lowest BCUT2D eigenvalue weighted by atomic mass is 9.97. The van der Waals surface area contributed by atoms with Gasteiger partial charge in [0.25, 0.3) is 5.89 Å². The van der Waals surface area contributed by atoms with Crippen LogP contribution in [0.25, 0.3) is 11.5 Å². The van der Waals surface area contributed by atoms with Gasteiger partial charge in [-0.3, -0.25) is 10.1 Å². The highest BCUT2D eigenvalue weighted by Gasteiger charge is 2.32. The maximum atomic E-state index is 12.9.